The summed E-state index contributed by atoms with van der Waals surface area (Å²) in [6.45, 7) is 3.51. The zero-order valence-corrected chi connectivity index (χ0v) is 10.5. The summed E-state index contributed by atoms with van der Waals surface area (Å²) in [7, 11) is 0. The van der Waals surface area contributed by atoms with Crippen molar-refractivity contribution in [2.45, 2.75) is 44.7 Å². The summed E-state index contributed by atoms with van der Waals surface area (Å²) in [4.78, 5) is 2.53. The second-order valence-corrected chi connectivity index (χ2v) is 5.37. The molecule has 2 aliphatic rings. The second kappa shape index (κ2) is 5.09. The molecular weight excluding hydrogens is 208 g/mol. The van der Waals surface area contributed by atoms with Gasteiger partial charge in [0.1, 0.15) is 0 Å². The Morgan fingerprint density at radius 3 is 2.71 bits per heavy atom. The van der Waals surface area contributed by atoms with Crippen molar-refractivity contribution >= 4 is 5.69 Å². The highest BCUT2D eigenvalue weighted by atomic mass is 15.1. The van der Waals surface area contributed by atoms with Crippen LogP contribution < -0.4 is 10.2 Å². The fourth-order valence-corrected chi connectivity index (χ4v) is 2.56. The Bertz CT molecular complexity index is 365. The van der Waals surface area contributed by atoms with Crippen molar-refractivity contribution in [3.05, 3.63) is 29.8 Å². The molecule has 0 unspecified atom stereocenters. The number of anilines is 1. The summed E-state index contributed by atoms with van der Waals surface area (Å²) in [5.41, 5.74) is 2.85. The lowest BCUT2D eigenvalue weighted by molar-refractivity contribution is 0.577. The topological polar surface area (TPSA) is 15.3 Å². The van der Waals surface area contributed by atoms with Gasteiger partial charge in [0.05, 0.1) is 0 Å². The first-order chi connectivity index (χ1) is 8.42. The summed E-state index contributed by atoms with van der Waals surface area (Å²) in [6.07, 6.45) is 6.84. The van der Waals surface area contributed by atoms with Gasteiger partial charge in [0, 0.05) is 31.4 Å². The first-order valence-electron chi connectivity index (χ1n) is 6.99. The van der Waals surface area contributed by atoms with Crippen molar-refractivity contribution in [1.29, 1.82) is 0 Å². The molecule has 1 heterocycles. The van der Waals surface area contributed by atoms with E-state index in [1.807, 2.05) is 0 Å². The van der Waals surface area contributed by atoms with E-state index in [-0.39, 0.29) is 0 Å². The number of nitrogens with zero attached hydrogens (tertiary/aromatic N) is 1. The minimum atomic E-state index is 0.800. The van der Waals surface area contributed by atoms with Gasteiger partial charge >= 0.3 is 0 Å². The van der Waals surface area contributed by atoms with E-state index in [9.17, 15) is 0 Å². The number of rotatable bonds is 4. The molecule has 3 rings (SSSR count). The fraction of sp³-hybridized carbons (Fsp3) is 0.600. The predicted molar refractivity (Wildman–Crippen MR) is 72.4 cm³/mol. The van der Waals surface area contributed by atoms with Crippen LogP contribution in [0.1, 0.15) is 37.7 Å². The van der Waals surface area contributed by atoms with Crippen molar-refractivity contribution in [3.8, 4) is 0 Å². The first-order valence-corrected chi connectivity index (χ1v) is 6.99. The predicted octanol–water partition coefficient (Wildman–Crippen LogP) is 2.93. The molecule has 0 aromatic heterocycles. The highest BCUT2D eigenvalue weighted by molar-refractivity contribution is 5.48. The Labute approximate surface area is 104 Å². The zero-order valence-electron chi connectivity index (χ0n) is 10.5. The van der Waals surface area contributed by atoms with Gasteiger partial charge in [0.2, 0.25) is 0 Å². The highest BCUT2D eigenvalue weighted by Crippen LogP contribution is 2.22. The monoisotopic (exact) mass is 230 g/mol. The Morgan fingerprint density at radius 2 is 1.94 bits per heavy atom. The minimum Gasteiger partial charge on any atom is -0.372 e. The third-order valence-corrected chi connectivity index (χ3v) is 3.80. The molecule has 2 nitrogen and oxygen atoms in total. The molecule has 0 atom stereocenters. The van der Waals surface area contributed by atoms with Gasteiger partial charge in [-0.1, -0.05) is 12.1 Å². The Balaban J connectivity index is 1.64. The molecule has 1 saturated heterocycles. The molecule has 0 radical (unpaired) electrons. The number of hydrogen-bond acceptors (Lipinski definition) is 2. The smallest absolute Gasteiger partial charge is 0.0369 e. The van der Waals surface area contributed by atoms with Crippen LogP contribution in [0.25, 0.3) is 0 Å². The van der Waals surface area contributed by atoms with Crippen molar-refractivity contribution in [2.24, 2.45) is 0 Å². The molecule has 1 aromatic rings. The van der Waals surface area contributed by atoms with Crippen molar-refractivity contribution in [3.63, 3.8) is 0 Å². The van der Waals surface area contributed by atoms with Gasteiger partial charge < -0.3 is 10.2 Å². The van der Waals surface area contributed by atoms with Crippen LogP contribution in [0.15, 0.2) is 24.3 Å². The SMILES string of the molecule is c1cc(CNC2CC2)cc(N2CCCCC2)c1. The average Bonchev–Trinajstić information content (AvgIpc) is 3.22. The van der Waals surface area contributed by atoms with E-state index >= 15 is 0 Å². The van der Waals surface area contributed by atoms with E-state index in [0.29, 0.717) is 0 Å². The quantitative estimate of drug-likeness (QED) is 0.855. The average molecular weight is 230 g/mol. The third kappa shape index (κ3) is 3.01. The van der Waals surface area contributed by atoms with Crippen LogP contribution in [0.3, 0.4) is 0 Å². The summed E-state index contributed by atoms with van der Waals surface area (Å²) in [6, 6.07) is 9.86. The number of benzene rings is 1. The van der Waals surface area contributed by atoms with Crippen LogP contribution in [-0.4, -0.2) is 19.1 Å². The molecule has 92 valence electrons. The molecule has 1 saturated carbocycles. The lowest BCUT2D eigenvalue weighted by Crippen LogP contribution is -2.29. The molecule has 0 bridgehead atoms. The summed E-state index contributed by atoms with van der Waals surface area (Å²) in [5, 5.41) is 3.58. The molecule has 17 heavy (non-hydrogen) atoms. The van der Waals surface area contributed by atoms with Crippen LogP contribution in [-0.2, 0) is 6.54 Å². The molecule has 1 N–H and O–H groups in total. The van der Waals surface area contributed by atoms with E-state index in [0.717, 1.165) is 12.6 Å². The highest BCUT2D eigenvalue weighted by Gasteiger charge is 2.20. The van der Waals surface area contributed by atoms with Gasteiger partial charge in [-0.15, -0.1) is 0 Å². The van der Waals surface area contributed by atoms with Crippen LogP contribution in [0, 0.1) is 0 Å². The summed E-state index contributed by atoms with van der Waals surface area (Å²) >= 11 is 0. The third-order valence-electron chi connectivity index (χ3n) is 3.80. The molecule has 2 fully saturated rings. The Hall–Kier alpha value is -1.02. The van der Waals surface area contributed by atoms with Gasteiger partial charge in [-0.05, 0) is 49.8 Å². The van der Waals surface area contributed by atoms with E-state index < -0.39 is 0 Å². The van der Waals surface area contributed by atoms with E-state index in [1.165, 1.54) is 56.4 Å². The second-order valence-electron chi connectivity index (χ2n) is 5.37. The number of piperidine rings is 1. The van der Waals surface area contributed by atoms with E-state index in [2.05, 4.69) is 34.5 Å². The lowest BCUT2D eigenvalue weighted by Gasteiger charge is -2.29. The first kappa shape index (κ1) is 11.1. The largest absolute Gasteiger partial charge is 0.372 e. The van der Waals surface area contributed by atoms with Gasteiger partial charge in [0.25, 0.3) is 0 Å². The summed E-state index contributed by atoms with van der Waals surface area (Å²) < 4.78 is 0. The minimum absolute atomic E-state index is 0.800. The maximum atomic E-state index is 3.58. The molecule has 2 heteroatoms. The van der Waals surface area contributed by atoms with Crippen molar-refractivity contribution < 1.29 is 0 Å². The van der Waals surface area contributed by atoms with Crippen molar-refractivity contribution in [2.75, 3.05) is 18.0 Å². The lowest BCUT2D eigenvalue weighted by atomic mass is 10.1. The molecule has 0 amide bonds. The van der Waals surface area contributed by atoms with Gasteiger partial charge in [-0.2, -0.15) is 0 Å². The maximum Gasteiger partial charge on any atom is 0.0369 e. The van der Waals surface area contributed by atoms with E-state index in [1.54, 1.807) is 0 Å². The standard InChI is InChI=1S/C15H22N2/c1-2-9-17(10-3-1)15-6-4-5-13(11-15)12-16-14-7-8-14/h4-6,11,14,16H,1-3,7-10,12H2. The van der Waals surface area contributed by atoms with E-state index in [4.69, 9.17) is 0 Å². The van der Waals surface area contributed by atoms with Crippen LogP contribution in [0.5, 0.6) is 0 Å². The fourth-order valence-electron chi connectivity index (χ4n) is 2.56. The molecule has 1 aliphatic carbocycles. The molecular formula is C15H22N2. The Morgan fingerprint density at radius 1 is 1.12 bits per heavy atom. The van der Waals surface area contributed by atoms with Crippen molar-refractivity contribution in [1.82, 2.24) is 5.32 Å². The van der Waals surface area contributed by atoms with Gasteiger partial charge in [-0.25, -0.2) is 0 Å². The Kier molecular flexibility index (Phi) is 3.32. The summed E-state index contributed by atoms with van der Waals surface area (Å²) in [5.74, 6) is 0. The molecule has 1 aromatic carbocycles. The van der Waals surface area contributed by atoms with Crippen LogP contribution >= 0.6 is 0 Å². The number of nitrogens with one attached hydrogen (secondary N) is 1. The van der Waals surface area contributed by atoms with Gasteiger partial charge in [0.15, 0.2) is 0 Å². The van der Waals surface area contributed by atoms with Gasteiger partial charge in [-0.3, -0.25) is 0 Å². The zero-order chi connectivity index (χ0) is 11.5. The van der Waals surface area contributed by atoms with Crippen LogP contribution in [0.4, 0.5) is 5.69 Å². The molecule has 1 aliphatic heterocycles. The number of hydrogen-bond donors (Lipinski definition) is 1. The normalized spacial score (nSPS) is 20.6. The maximum absolute atomic E-state index is 3.58. The molecule has 0 spiro atoms. The van der Waals surface area contributed by atoms with Crippen LogP contribution in [0.2, 0.25) is 0 Å².